The second kappa shape index (κ2) is 6.46. The van der Waals surface area contributed by atoms with Crippen LogP contribution in [0.15, 0.2) is 0 Å². The summed E-state index contributed by atoms with van der Waals surface area (Å²) in [5.74, 6) is -1.25. The minimum Gasteiger partial charge on any atom is -0.345 e. The first-order chi connectivity index (χ1) is 11.4. The van der Waals surface area contributed by atoms with Gasteiger partial charge in [-0.25, -0.2) is 0 Å². The van der Waals surface area contributed by atoms with Crippen LogP contribution in [0.25, 0.3) is 0 Å². The molecule has 24 heavy (non-hydrogen) atoms. The van der Waals surface area contributed by atoms with E-state index in [9.17, 15) is 14.4 Å². The van der Waals surface area contributed by atoms with Crippen LogP contribution in [0.4, 0.5) is 5.13 Å². The number of amides is 3. The molecule has 2 aliphatic rings. The number of carbonyl (C=O) groups excluding carboxylic acids is 3. The molecule has 3 rings (SSSR count). The zero-order valence-corrected chi connectivity index (χ0v) is 14.7. The van der Waals surface area contributed by atoms with Gasteiger partial charge in [-0.3, -0.25) is 19.7 Å². The van der Waals surface area contributed by atoms with Gasteiger partial charge in [-0.2, -0.15) is 0 Å². The van der Waals surface area contributed by atoms with Gasteiger partial charge in [0.1, 0.15) is 5.01 Å². The molecule has 2 fully saturated rings. The van der Waals surface area contributed by atoms with Crippen LogP contribution in [-0.2, 0) is 20.8 Å². The maximum absolute atomic E-state index is 12.5. The molecule has 8 nitrogen and oxygen atoms in total. The van der Waals surface area contributed by atoms with E-state index >= 15 is 0 Å². The van der Waals surface area contributed by atoms with Crippen molar-refractivity contribution in [2.24, 2.45) is 5.41 Å². The van der Waals surface area contributed by atoms with E-state index < -0.39 is 17.2 Å². The molecule has 1 N–H and O–H groups in total. The number of likely N-dealkylation sites (tertiary alicyclic amines) is 2. The second-order valence-corrected chi connectivity index (χ2v) is 7.46. The van der Waals surface area contributed by atoms with Crippen molar-refractivity contribution in [3.63, 3.8) is 0 Å². The summed E-state index contributed by atoms with van der Waals surface area (Å²) in [5, 5.41) is 11.4. The first-order valence-corrected chi connectivity index (χ1v) is 8.95. The smallest absolute Gasteiger partial charge is 0.315 e. The maximum atomic E-state index is 12.5. The summed E-state index contributed by atoms with van der Waals surface area (Å²) in [6.07, 6.45) is 3.05. The lowest BCUT2D eigenvalue weighted by Crippen LogP contribution is -2.49. The molecule has 0 unspecified atom stereocenters. The number of aromatic nitrogens is 2. The summed E-state index contributed by atoms with van der Waals surface area (Å²) in [6.45, 7) is 3.45. The van der Waals surface area contributed by atoms with Crippen LogP contribution in [0.5, 0.6) is 0 Å². The van der Waals surface area contributed by atoms with Crippen molar-refractivity contribution in [3.8, 4) is 0 Å². The number of carbonyl (C=O) groups is 3. The van der Waals surface area contributed by atoms with Gasteiger partial charge in [-0.15, -0.1) is 10.2 Å². The van der Waals surface area contributed by atoms with Crippen LogP contribution >= 0.6 is 11.3 Å². The van der Waals surface area contributed by atoms with Gasteiger partial charge in [0.15, 0.2) is 0 Å². The van der Waals surface area contributed by atoms with E-state index in [0.717, 1.165) is 30.8 Å². The minimum absolute atomic E-state index is 0.0844. The molecule has 1 aromatic rings. The van der Waals surface area contributed by atoms with E-state index in [-0.39, 0.29) is 5.91 Å². The zero-order chi connectivity index (χ0) is 17.3. The van der Waals surface area contributed by atoms with Gasteiger partial charge < -0.3 is 9.80 Å². The quantitative estimate of drug-likeness (QED) is 0.783. The molecule has 0 bridgehead atoms. The molecule has 1 aromatic heterocycles. The van der Waals surface area contributed by atoms with Crippen LogP contribution in [0, 0.1) is 5.41 Å². The van der Waals surface area contributed by atoms with E-state index in [1.54, 1.807) is 11.9 Å². The predicted molar refractivity (Wildman–Crippen MR) is 88.4 cm³/mol. The van der Waals surface area contributed by atoms with Crippen LogP contribution in [0.3, 0.4) is 0 Å². The Labute approximate surface area is 144 Å². The first kappa shape index (κ1) is 16.8. The molecule has 0 aromatic carbocycles. The third-order valence-electron chi connectivity index (χ3n) is 4.77. The van der Waals surface area contributed by atoms with Gasteiger partial charge in [0.05, 0.1) is 5.41 Å². The lowest BCUT2D eigenvalue weighted by molar-refractivity contribution is -0.146. The lowest BCUT2D eigenvalue weighted by Gasteiger charge is -2.37. The van der Waals surface area contributed by atoms with Gasteiger partial charge >= 0.3 is 11.8 Å². The van der Waals surface area contributed by atoms with Gasteiger partial charge in [-0.05, 0) is 25.7 Å². The Bertz CT molecular complexity index is 676. The molecule has 2 saturated heterocycles. The van der Waals surface area contributed by atoms with Gasteiger partial charge in [0.25, 0.3) is 0 Å². The number of nitrogens with zero attached hydrogens (tertiary/aromatic N) is 4. The summed E-state index contributed by atoms with van der Waals surface area (Å²) >= 11 is 1.26. The molecule has 3 heterocycles. The Balaban J connectivity index is 1.63. The molecule has 1 atom stereocenters. The average Bonchev–Trinajstić information content (AvgIpc) is 3.19. The summed E-state index contributed by atoms with van der Waals surface area (Å²) in [7, 11) is 1.79. The molecule has 0 saturated carbocycles. The molecule has 0 radical (unpaired) electrons. The normalized spacial score (nSPS) is 23.8. The van der Waals surface area contributed by atoms with Gasteiger partial charge in [-0.1, -0.05) is 18.3 Å². The number of aryl methyl sites for hydroxylation is 1. The number of piperidine rings is 1. The third-order valence-corrected chi connectivity index (χ3v) is 5.76. The Kier molecular flexibility index (Phi) is 4.53. The van der Waals surface area contributed by atoms with Crippen LogP contribution in [0.1, 0.15) is 31.2 Å². The number of anilines is 1. The molecule has 130 valence electrons. The molecule has 2 aliphatic heterocycles. The highest BCUT2D eigenvalue weighted by atomic mass is 32.1. The van der Waals surface area contributed by atoms with E-state index in [0.29, 0.717) is 24.6 Å². The van der Waals surface area contributed by atoms with Crippen molar-refractivity contribution in [3.05, 3.63) is 5.01 Å². The fourth-order valence-electron chi connectivity index (χ4n) is 3.43. The summed E-state index contributed by atoms with van der Waals surface area (Å²) in [5.41, 5.74) is -0.513. The highest BCUT2D eigenvalue weighted by Gasteiger charge is 2.49. The fraction of sp³-hybridized carbons (Fsp3) is 0.667. The maximum Gasteiger partial charge on any atom is 0.315 e. The lowest BCUT2D eigenvalue weighted by atomic mass is 9.78. The van der Waals surface area contributed by atoms with E-state index in [1.165, 1.54) is 16.2 Å². The number of hydrogen-bond donors (Lipinski definition) is 1. The van der Waals surface area contributed by atoms with Crippen molar-refractivity contribution >= 4 is 34.2 Å². The van der Waals surface area contributed by atoms with Crippen molar-refractivity contribution < 1.29 is 14.4 Å². The summed E-state index contributed by atoms with van der Waals surface area (Å²) in [6, 6.07) is 0. The summed E-state index contributed by atoms with van der Waals surface area (Å²) in [4.78, 5) is 40.2. The number of nitrogens with one attached hydrogen (secondary N) is 1. The van der Waals surface area contributed by atoms with E-state index in [2.05, 4.69) is 15.5 Å². The fourth-order valence-corrected chi connectivity index (χ4v) is 4.11. The monoisotopic (exact) mass is 351 g/mol. The zero-order valence-electron chi connectivity index (χ0n) is 13.9. The Morgan fingerprint density at radius 3 is 2.79 bits per heavy atom. The van der Waals surface area contributed by atoms with Crippen molar-refractivity contribution in [1.29, 1.82) is 0 Å². The van der Waals surface area contributed by atoms with Crippen LogP contribution in [-0.4, -0.2) is 64.4 Å². The molecular formula is C15H21N5O3S. The number of rotatable bonds is 2. The third kappa shape index (κ3) is 3.00. The Hall–Kier alpha value is -2.03. The molecule has 0 aliphatic carbocycles. The van der Waals surface area contributed by atoms with E-state index in [4.69, 9.17) is 0 Å². The first-order valence-electron chi connectivity index (χ1n) is 8.13. The largest absolute Gasteiger partial charge is 0.345 e. The van der Waals surface area contributed by atoms with Gasteiger partial charge in [0.2, 0.25) is 11.0 Å². The Morgan fingerprint density at radius 2 is 2.08 bits per heavy atom. The van der Waals surface area contributed by atoms with E-state index in [1.807, 2.05) is 6.92 Å². The Morgan fingerprint density at radius 1 is 1.29 bits per heavy atom. The van der Waals surface area contributed by atoms with Crippen LogP contribution in [0.2, 0.25) is 0 Å². The molecule has 3 amide bonds. The molecule has 9 heteroatoms. The van der Waals surface area contributed by atoms with Crippen LogP contribution < -0.4 is 5.32 Å². The van der Waals surface area contributed by atoms with Crippen molar-refractivity contribution in [1.82, 2.24) is 20.0 Å². The number of hydrogen-bond acceptors (Lipinski definition) is 6. The van der Waals surface area contributed by atoms with Crippen molar-refractivity contribution in [2.75, 3.05) is 32.0 Å². The topological polar surface area (TPSA) is 95.5 Å². The highest BCUT2D eigenvalue weighted by molar-refractivity contribution is 7.15. The summed E-state index contributed by atoms with van der Waals surface area (Å²) < 4.78 is 0. The standard InChI is InChI=1S/C15H21N5O3S/c1-3-10-17-18-14(24-10)16-11(21)12(22)20-8-6-15(9-20)5-4-7-19(2)13(15)23/h3-9H2,1-2H3,(H,16,18,21)/t15-/m1/s1. The second-order valence-electron chi connectivity index (χ2n) is 6.40. The van der Waals surface area contributed by atoms with Crippen molar-refractivity contribution in [2.45, 2.75) is 32.6 Å². The SMILES string of the molecule is CCc1nnc(NC(=O)C(=O)N2CC[C@]3(CCCN(C)C3=O)C2)s1. The highest BCUT2D eigenvalue weighted by Crippen LogP contribution is 2.39. The minimum atomic E-state index is -0.720. The average molecular weight is 351 g/mol. The molecular weight excluding hydrogens is 330 g/mol. The predicted octanol–water partition coefficient (Wildman–Crippen LogP) is 0.510. The van der Waals surface area contributed by atoms with Gasteiger partial charge in [0, 0.05) is 26.7 Å². The molecule has 1 spiro atoms.